The second-order valence-corrected chi connectivity index (χ2v) is 7.26. The second kappa shape index (κ2) is 6.47. The minimum Gasteiger partial charge on any atom is -0.481 e. The number of rotatable bonds is 5. The molecule has 0 radical (unpaired) electrons. The van der Waals surface area contributed by atoms with Gasteiger partial charge in [0.15, 0.2) is 0 Å². The zero-order chi connectivity index (χ0) is 16.5. The number of halogens is 2. The molecule has 2 unspecified atom stereocenters. The predicted octanol–water partition coefficient (Wildman–Crippen LogP) is 3.54. The summed E-state index contributed by atoms with van der Waals surface area (Å²) in [6.45, 7) is 3.79. The molecule has 0 saturated heterocycles. The van der Waals surface area contributed by atoms with Crippen LogP contribution in [0.15, 0.2) is 18.2 Å². The largest absolute Gasteiger partial charge is 0.481 e. The van der Waals surface area contributed by atoms with Crippen molar-refractivity contribution < 1.29 is 14.7 Å². The quantitative estimate of drug-likeness (QED) is 0.859. The SMILES string of the molecule is CC(C)(Cc1ccc(Cl)cc1Cl)NC(=O)C1CCC1C(=O)O. The van der Waals surface area contributed by atoms with Crippen molar-refractivity contribution in [1.29, 1.82) is 0 Å². The van der Waals surface area contributed by atoms with Crippen LogP contribution in [0.1, 0.15) is 32.3 Å². The van der Waals surface area contributed by atoms with Crippen LogP contribution in [0, 0.1) is 11.8 Å². The van der Waals surface area contributed by atoms with E-state index in [1.54, 1.807) is 12.1 Å². The van der Waals surface area contributed by atoms with Gasteiger partial charge in [-0.1, -0.05) is 29.3 Å². The van der Waals surface area contributed by atoms with Gasteiger partial charge in [0, 0.05) is 15.6 Å². The summed E-state index contributed by atoms with van der Waals surface area (Å²) in [6.07, 6.45) is 1.73. The van der Waals surface area contributed by atoms with E-state index in [2.05, 4.69) is 5.32 Å². The minimum absolute atomic E-state index is 0.200. The molecule has 2 rings (SSSR count). The molecular formula is C16H19Cl2NO3. The summed E-state index contributed by atoms with van der Waals surface area (Å²) < 4.78 is 0. The predicted molar refractivity (Wildman–Crippen MR) is 86.2 cm³/mol. The average Bonchev–Trinajstić information content (AvgIpc) is 2.29. The zero-order valence-electron chi connectivity index (χ0n) is 12.5. The maximum absolute atomic E-state index is 12.3. The van der Waals surface area contributed by atoms with Crippen LogP contribution < -0.4 is 5.32 Å². The van der Waals surface area contributed by atoms with E-state index in [-0.39, 0.29) is 5.91 Å². The standard InChI is InChI=1S/C16H19Cl2NO3/c1-16(2,8-9-3-4-10(17)7-13(9)18)19-14(20)11-5-6-12(11)15(21)22/h3-4,7,11-12H,5-6,8H2,1-2H3,(H,19,20)(H,21,22). The Morgan fingerprint density at radius 1 is 1.27 bits per heavy atom. The van der Waals surface area contributed by atoms with Gasteiger partial charge < -0.3 is 10.4 Å². The van der Waals surface area contributed by atoms with Gasteiger partial charge in [0.05, 0.1) is 11.8 Å². The van der Waals surface area contributed by atoms with E-state index in [4.69, 9.17) is 28.3 Å². The first-order valence-electron chi connectivity index (χ1n) is 7.18. The number of carbonyl (C=O) groups is 2. The number of carbonyl (C=O) groups excluding carboxylic acids is 1. The molecule has 0 bridgehead atoms. The number of hydrogen-bond donors (Lipinski definition) is 2. The molecule has 0 aromatic heterocycles. The molecule has 0 spiro atoms. The van der Waals surface area contributed by atoms with Crippen molar-refractivity contribution in [3.05, 3.63) is 33.8 Å². The number of carboxylic acid groups (broad SMARTS) is 1. The molecule has 1 aromatic carbocycles. The number of nitrogens with one attached hydrogen (secondary N) is 1. The smallest absolute Gasteiger partial charge is 0.307 e. The molecule has 1 aliphatic carbocycles. The fourth-order valence-corrected chi connectivity index (χ4v) is 3.20. The Morgan fingerprint density at radius 3 is 2.41 bits per heavy atom. The molecule has 1 fully saturated rings. The van der Waals surface area contributed by atoms with Crippen LogP contribution in [-0.2, 0) is 16.0 Å². The van der Waals surface area contributed by atoms with Crippen molar-refractivity contribution >= 4 is 35.1 Å². The first-order chi connectivity index (χ1) is 10.2. The van der Waals surface area contributed by atoms with Crippen molar-refractivity contribution in [1.82, 2.24) is 5.32 Å². The third-order valence-corrected chi connectivity index (χ3v) is 4.62. The average molecular weight is 344 g/mol. The van der Waals surface area contributed by atoms with E-state index < -0.39 is 23.3 Å². The molecule has 22 heavy (non-hydrogen) atoms. The second-order valence-electron chi connectivity index (χ2n) is 6.41. The summed E-state index contributed by atoms with van der Waals surface area (Å²) in [5.74, 6) is -2.09. The topological polar surface area (TPSA) is 66.4 Å². The van der Waals surface area contributed by atoms with Gasteiger partial charge in [0.1, 0.15) is 0 Å². The molecule has 1 aromatic rings. The molecule has 6 heteroatoms. The van der Waals surface area contributed by atoms with Gasteiger partial charge in [-0.15, -0.1) is 0 Å². The lowest BCUT2D eigenvalue weighted by Crippen LogP contribution is -2.52. The lowest BCUT2D eigenvalue weighted by molar-refractivity contribution is -0.153. The van der Waals surface area contributed by atoms with Gasteiger partial charge in [0.2, 0.25) is 5.91 Å². The van der Waals surface area contributed by atoms with Crippen molar-refractivity contribution in [2.45, 2.75) is 38.6 Å². The molecule has 4 nitrogen and oxygen atoms in total. The lowest BCUT2D eigenvalue weighted by atomic mass is 9.73. The number of amides is 1. The van der Waals surface area contributed by atoms with Crippen LogP contribution in [0.5, 0.6) is 0 Å². The molecule has 2 N–H and O–H groups in total. The van der Waals surface area contributed by atoms with Crippen molar-refractivity contribution in [3.63, 3.8) is 0 Å². The van der Waals surface area contributed by atoms with Crippen LogP contribution in [0.25, 0.3) is 0 Å². The maximum Gasteiger partial charge on any atom is 0.307 e. The fraction of sp³-hybridized carbons (Fsp3) is 0.500. The van der Waals surface area contributed by atoms with Crippen LogP contribution in [0.3, 0.4) is 0 Å². The molecule has 0 heterocycles. The number of hydrogen-bond acceptors (Lipinski definition) is 2. The zero-order valence-corrected chi connectivity index (χ0v) is 14.0. The first kappa shape index (κ1) is 17.1. The summed E-state index contributed by atoms with van der Waals surface area (Å²) in [6, 6.07) is 5.26. The van der Waals surface area contributed by atoms with E-state index in [0.717, 1.165) is 5.56 Å². The molecule has 1 aliphatic rings. The summed E-state index contributed by atoms with van der Waals surface area (Å²) in [5, 5.41) is 13.1. The Balaban J connectivity index is 2.01. The van der Waals surface area contributed by atoms with Crippen molar-refractivity contribution in [2.24, 2.45) is 11.8 Å². The summed E-state index contributed by atoms with van der Waals surface area (Å²) in [7, 11) is 0. The van der Waals surface area contributed by atoms with Crippen molar-refractivity contribution in [2.75, 3.05) is 0 Å². The Morgan fingerprint density at radius 2 is 1.91 bits per heavy atom. The summed E-state index contributed by atoms with van der Waals surface area (Å²) in [5.41, 5.74) is 0.368. The molecule has 2 atom stereocenters. The van der Waals surface area contributed by atoms with Gasteiger partial charge in [0.25, 0.3) is 0 Å². The molecule has 120 valence electrons. The Bertz CT molecular complexity index is 601. The van der Waals surface area contributed by atoms with E-state index in [1.165, 1.54) is 0 Å². The number of aliphatic carboxylic acids is 1. The van der Waals surface area contributed by atoms with E-state index in [1.807, 2.05) is 19.9 Å². The van der Waals surface area contributed by atoms with E-state index in [9.17, 15) is 9.59 Å². The highest BCUT2D eigenvalue weighted by Crippen LogP contribution is 2.35. The molecule has 0 aliphatic heterocycles. The van der Waals surface area contributed by atoms with Crippen LogP contribution in [0.4, 0.5) is 0 Å². The summed E-state index contributed by atoms with van der Waals surface area (Å²) >= 11 is 12.0. The molecular weight excluding hydrogens is 325 g/mol. The van der Waals surface area contributed by atoms with Gasteiger partial charge in [-0.25, -0.2) is 0 Å². The van der Waals surface area contributed by atoms with E-state index in [0.29, 0.717) is 29.3 Å². The van der Waals surface area contributed by atoms with Crippen LogP contribution in [-0.4, -0.2) is 22.5 Å². The highest BCUT2D eigenvalue weighted by molar-refractivity contribution is 6.35. The molecule has 1 saturated carbocycles. The van der Waals surface area contributed by atoms with Gasteiger partial charge in [-0.2, -0.15) is 0 Å². The fourth-order valence-electron chi connectivity index (χ4n) is 2.72. The Kier molecular flexibility index (Phi) is 5.03. The van der Waals surface area contributed by atoms with E-state index >= 15 is 0 Å². The third-order valence-electron chi connectivity index (χ3n) is 4.04. The van der Waals surface area contributed by atoms with Gasteiger partial charge >= 0.3 is 5.97 Å². The lowest BCUT2D eigenvalue weighted by Gasteiger charge is -2.36. The normalized spacial score (nSPS) is 21.1. The maximum atomic E-state index is 12.3. The monoisotopic (exact) mass is 343 g/mol. The highest BCUT2D eigenvalue weighted by atomic mass is 35.5. The number of benzene rings is 1. The minimum atomic E-state index is -0.898. The van der Waals surface area contributed by atoms with Gasteiger partial charge in [-0.05, 0) is 50.8 Å². The third kappa shape index (κ3) is 3.93. The molecule has 1 amide bonds. The van der Waals surface area contributed by atoms with Crippen LogP contribution >= 0.6 is 23.2 Å². The highest BCUT2D eigenvalue weighted by Gasteiger charge is 2.42. The summed E-state index contributed by atoms with van der Waals surface area (Å²) in [4.78, 5) is 23.3. The Labute approximate surface area is 139 Å². The van der Waals surface area contributed by atoms with Gasteiger partial charge in [-0.3, -0.25) is 9.59 Å². The Hall–Kier alpha value is -1.26. The number of carboxylic acids is 1. The first-order valence-corrected chi connectivity index (χ1v) is 7.94. The van der Waals surface area contributed by atoms with Crippen LogP contribution in [0.2, 0.25) is 10.0 Å². The van der Waals surface area contributed by atoms with Crippen molar-refractivity contribution in [3.8, 4) is 0 Å².